The Balaban J connectivity index is 1.84. The number of unbranched alkanes of at least 4 members (excludes halogenated alkanes) is 4. The van der Waals surface area contributed by atoms with Gasteiger partial charge >= 0.3 is 11.9 Å². The Morgan fingerprint density at radius 1 is 0.893 bits per heavy atom. The predicted octanol–water partition coefficient (Wildman–Crippen LogP) is 6.51. The van der Waals surface area contributed by atoms with Crippen LogP contribution in [0.15, 0.2) is 0 Å². The van der Waals surface area contributed by atoms with Crippen molar-refractivity contribution in [3.8, 4) is 0 Å². The topological polar surface area (TPSA) is 63.6 Å². The lowest BCUT2D eigenvalue weighted by Gasteiger charge is -2.39. The van der Waals surface area contributed by atoms with E-state index in [0.717, 1.165) is 57.3 Å². The van der Waals surface area contributed by atoms with Crippen LogP contribution in [0.4, 0.5) is 0 Å². The van der Waals surface area contributed by atoms with Crippen molar-refractivity contribution < 1.29 is 19.4 Å². The highest BCUT2D eigenvalue weighted by atomic mass is 16.6. The van der Waals surface area contributed by atoms with E-state index >= 15 is 0 Å². The molecule has 1 N–H and O–H groups in total. The molecule has 162 valence electrons. The molecular weight excluding hydrogens is 352 g/mol. The molecule has 0 amide bonds. The molecule has 2 atom stereocenters. The Hall–Kier alpha value is -1.06. The van der Waals surface area contributed by atoms with E-state index in [1.807, 2.05) is 0 Å². The maximum Gasteiger partial charge on any atom is 0.310 e. The van der Waals surface area contributed by atoms with Crippen LogP contribution < -0.4 is 0 Å². The molecule has 2 saturated carbocycles. The molecule has 28 heavy (non-hydrogen) atoms. The predicted molar refractivity (Wildman–Crippen MR) is 112 cm³/mol. The minimum Gasteiger partial charge on any atom is -0.481 e. The third kappa shape index (κ3) is 7.40. The summed E-state index contributed by atoms with van der Waals surface area (Å²) >= 11 is 0. The van der Waals surface area contributed by atoms with E-state index < -0.39 is 17.8 Å². The van der Waals surface area contributed by atoms with Crippen molar-refractivity contribution in [1.29, 1.82) is 0 Å². The van der Waals surface area contributed by atoms with Gasteiger partial charge in [0.1, 0.15) is 5.60 Å². The molecular formula is C24H42O4. The fourth-order valence-corrected chi connectivity index (χ4v) is 5.13. The van der Waals surface area contributed by atoms with Crippen molar-refractivity contribution in [2.75, 3.05) is 0 Å². The Morgan fingerprint density at radius 2 is 1.50 bits per heavy atom. The lowest BCUT2D eigenvalue weighted by Crippen LogP contribution is -2.42. The van der Waals surface area contributed by atoms with Crippen molar-refractivity contribution >= 4 is 11.9 Å². The minimum atomic E-state index is -0.833. The summed E-state index contributed by atoms with van der Waals surface area (Å²) in [7, 11) is 0. The van der Waals surface area contributed by atoms with Gasteiger partial charge < -0.3 is 9.84 Å². The van der Waals surface area contributed by atoms with E-state index in [2.05, 4.69) is 13.8 Å². The number of carboxylic acid groups (broad SMARTS) is 1. The van der Waals surface area contributed by atoms with Crippen LogP contribution in [0.25, 0.3) is 0 Å². The number of rotatable bonds is 11. The second-order valence-corrected chi connectivity index (χ2v) is 9.70. The molecule has 4 nitrogen and oxygen atoms in total. The highest BCUT2D eigenvalue weighted by molar-refractivity contribution is 5.81. The second-order valence-electron chi connectivity index (χ2n) is 9.70. The van der Waals surface area contributed by atoms with Gasteiger partial charge in [-0.05, 0) is 57.3 Å². The number of aliphatic carboxylic acids is 1. The largest absolute Gasteiger partial charge is 0.481 e. The lowest BCUT2D eigenvalue weighted by atomic mass is 9.78. The molecule has 2 fully saturated rings. The van der Waals surface area contributed by atoms with Crippen LogP contribution in [-0.4, -0.2) is 22.6 Å². The summed E-state index contributed by atoms with van der Waals surface area (Å²) in [6.45, 7) is 4.56. The molecule has 2 rings (SSSR count). The number of esters is 1. The van der Waals surface area contributed by atoms with Gasteiger partial charge in [-0.15, -0.1) is 0 Å². The molecule has 0 saturated heterocycles. The van der Waals surface area contributed by atoms with Gasteiger partial charge in [0, 0.05) is 0 Å². The van der Waals surface area contributed by atoms with Gasteiger partial charge in [-0.3, -0.25) is 9.59 Å². The molecule has 0 aromatic carbocycles. The number of carboxylic acids is 1. The van der Waals surface area contributed by atoms with E-state index in [0.29, 0.717) is 12.8 Å². The summed E-state index contributed by atoms with van der Waals surface area (Å²) in [5.41, 5.74) is -0.326. The van der Waals surface area contributed by atoms with E-state index in [-0.39, 0.29) is 11.6 Å². The molecule has 0 heterocycles. The second kappa shape index (κ2) is 11.8. The molecule has 4 heteroatoms. The number of hydrogen-bond acceptors (Lipinski definition) is 3. The molecule has 2 aliphatic carbocycles. The van der Waals surface area contributed by atoms with Gasteiger partial charge in [0.05, 0.1) is 11.8 Å². The summed E-state index contributed by atoms with van der Waals surface area (Å²) in [6.07, 6.45) is 17.0. The highest BCUT2D eigenvalue weighted by Crippen LogP contribution is 2.39. The SMILES string of the molecule is CC(C)CCCCCCCC1(OC(=O)C2CCCCC2C(=O)O)CCCCC1. The normalized spacial score (nSPS) is 24.8. The van der Waals surface area contributed by atoms with Crippen molar-refractivity contribution in [2.45, 2.75) is 122 Å². The fraction of sp³-hybridized carbons (Fsp3) is 0.917. The Morgan fingerprint density at radius 3 is 2.14 bits per heavy atom. The van der Waals surface area contributed by atoms with Crippen LogP contribution in [0.1, 0.15) is 117 Å². The first-order chi connectivity index (χ1) is 13.4. The average molecular weight is 395 g/mol. The van der Waals surface area contributed by atoms with Crippen molar-refractivity contribution in [3.63, 3.8) is 0 Å². The van der Waals surface area contributed by atoms with Gasteiger partial charge in [0.2, 0.25) is 0 Å². The molecule has 0 aromatic heterocycles. The van der Waals surface area contributed by atoms with Crippen LogP contribution in [0.5, 0.6) is 0 Å². The maximum atomic E-state index is 12.9. The number of ether oxygens (including phenoxy) is 1. The molecule has 0 aromatic rings. The van der Waals surface area contributed by atoms with Crippen LogP contribution in [0.2, 0.25) is 0 Å². The Labute approximate surface area is 171 Å². The third-order valence-corrected chi connectivity index (χ3v) is 6.88. The summed E-state index contributed by atoms with van der Waals surface area (Å²) in [4.78, 5) is 24.5. The zero-order valence-corrected chi connectivity index (χ0v) is 18.2. The maximum absolute atomic E-state index is 12.9. The van der Waals surface area contributed by atoms with E-state index in [9.17, 15) is 14.7 Å². The van der Waals surface area contributed by atoms with Crippen molar-refractivity contribution in [2.24, 2.45) is 17.8 Å². The first-order valence-electron chi connectivity index (χ1n) is 11.9. The molecule has 0 aliphatic heterocycles. The highest BCUT2D eigenvalue weighted by Gasteiger charge is 2.42. The third-order valence-electron chi connectivity index (χ3n) is 6.88. The van der Waals surface area contributed by atoms with Crippen LogP contribution in [0.3, 0.4) is 0 Å². The van der Waals surface area contributed by atoms with E-state index in [1.165, 1.54) is 38.5 Å². The summed E-state index contributed by atoms with van der Waals surface area (Å²) in [5.74, 6) is -1.27. The van der Waals surface area contributed by atoms with Crippen LogP contribution in [-0.2, 0) is 14.3 Å². The molecule has 0 bridgehead atoms. The zero-order valence-electron chi connectivity index (χ0n) is 18.2. The standard InChI is InChI=1S/C24H42O4/c1-19(2)13-7-4-3-5-10-16-24(17-11-6-12-18-24)28-23(27)21-15-9-8-14-20(21)22(25)26/h19-21H,3-18H2,1-2H3,(H,25,26). The summed E-state index contributed by atoms with van der Waals surface area (Å²) in [6, 6.07) is 0. The van der Waals surface area contributed by atoms with Gasteiger partial charge in [0.25, 0.3) is 0 Å². The van der Waals surface area contributed by atoms with E-state index in [1.54, 1.807) is 0 Å². The summed E-state index contributed by atoms with van der Waals surface area (Å²) in [5, 5.41) is 9.50. The van der Waals surface area contributed by atoms with Gasteiger partial charge in [-0.1, -0.05) is 65.2 Å². The Bertz CT molecular complexity index is 479. The van der Waals surface area contributed by atoms with Gasteiger partial charge in [-0.25, -0.2) is 0 Å². The molecule has 0 spiro atoms. The van der Waals surface area contributed by atoms with Gasteiger partial charge in [0.15, 0.2) is 0 Å². The number of carbonyl (C=O) groups excluding carboxylic acids is 1. The van der Waals surface area contributed by atoms with Gasteiger partial charge in [-0.2, -0.15) is 0 Å². The average Bonchev–Trinajstić information content (AvgIpc) is 2.67. The molecule has 0 radical (unpaired) electrons. The number of carbonyl (C=O) groups is 2. The molecule has 2 unspecified atom stereocenters. The Kier molecular flexibility index (Phi) is 9.81. The van der Waals surface area contributed by atoms with Crippen LogP contribution in [0, 0.1) is 17.8 Å². The quantitative estimate of drug-likeness (QED) is 0.320. The molecule has 2 aliphatic rings. The van der Waals surface area contributed by atoms with Crippen LogP contribution >= 0.6 is 0 Å². The smallest absolute Gasteiger partial charge is 0.310 e. The lowest BCUT2D eigenvalue weighted by molar-refractivity contribution is -0.176. The zero-order chi connectivity index (χ0) is 20.4. The van der Waals surface area contributed by atoms with E-state index in [4.69, 9.17) is 4.74 Å². The summed E-state index contributed by atoms with van der Waals surface area (Å²) < 4.78 is 6.16. The van der Waals surface area contributed by atoms with Crippen molar-refractivity contribution in [1.82, 2.24) is 0 Å². The first-order valence-corrected chi connectivity index (χ1v) is 11.9. The monoisotopic (exact) mass is 394 g/mol. The van der Waals surface area contributed by atoms with Crippen molar-refractivity contribution in [3.05, 3.63) is 0 Å². The fourth-order valence-electron chi connectivity index (χ4n) is 5.13. The number of hydrogen-bond donors (Lipinski definition) is 1. The first kappa shape index (κ1) is 23.2. The minimum absolute atomic E-state index is 0.231.